The monoisotopic (exact) mass is 439 g/mol. The third-order valence-corrected chi connectivity index (χ3v) is 7.39. The SMILES string of the molecule is Cc1noc(C)c1CCC(=O)Nc1ccc2c(c1)N(S(=O)(=O)c1ccccc1)CCC2. The fourth-order valence-electron chi connectivity index (χ4n) is 3.91. The fourth-order valence-corrected chi connectivity index (χ4v) is 5.46. The number of aromatic nitrogens is 1. The molecule has 0 bridgehead atoms. The molecule has 7 nitrogen and oxygen atoms in total. The lowest BCUT2D eigenvalue weighted by molar-refractivity contribution is -0.116. The first-order valence-electron chi connectivity index (χ1n) is 10.3. The minimum Gasteiger partial charge on any atom is -0.361 e. The maximum absolute atomic E-state index is 13.2. The van der Waals surface area contributed by atoms with Gasteiger partial charge in [-0.15, -0.1) is 0 Å². The Morgan fingerprint density at radius 3 is 2.65 bits per heavy atom. The van der Waals surface area contributed by atoms with E-state index in [1.807, 2.05) is 26.0 Å². The summed E-state index contributed by atoms with van der Waals surface area (Å²) in [6.45, 7) is 4.10. The summed E-state index contributed by atoms with van der Waals surface area (Å²) in [7, 11) is -3.67. The molecular weight excluding hydrogens is 414 g/mol. The minimum absolute atomic E-state index is 0.145. The molecule has 1 N–H and O–H groups in total. The second kappa shape index (κ2) is 8.55. The number of sulfonamides is 1. The van der Waals surface area contributed by atoms with Crippen LogP contribution in [0.2, 0.25) is 0 Å². The highest BCUT2D eigenvalue weighted by Crippen LogP contribution is 2.34. The second-order valence-corrected chi connectivity index (χ2v) is 9.55. The molecule has 4 rings (SSSR count). The molecule has 0 saturated carbocycles. The third kappa shape index (κ3) is 4.34. The van der Waals surface area contributed by atoms with Crippen molar-refractivity contribution in [1.29, 1.82) is 0 Å². The molecule has 1 amide bonds. The van der Waals surface area contributed by atoms with Crippen LogP contribution in [-0.4, -0.2) is 26.0 Å². The molecule has 0 fully saturated rings. The molecule has 0 spiro atoms. The molecule has 8 heteroatoms. The zero-order chi connectivity index (χ0) is 22.0. The number of nitrogens with zero attached hydrogens (tertiary/aromatic N) is 2. The molecule has 3 aromatic rings. The zero-order valence-corrected chi connectivity index (χ0v) is 18.4. The first-order valence-corrected chi connectivity index (χ1v) is 11.7. The molecule has 0 unspecified atom stereocenters. The van der Waals surface area contributed by atoms with E-state index in [2.05, 4.69) is 10.5 Å². The summed E-state index contributed by atoms with van der Waals surface area (Å²) in [5.74, 6) is 0.578. The largest absolute Gasteiger partial charge is 0.361 e. The van der Waals surface area contributed by atoms with Crippen molar-refractivity contribution in [3.8, 4) is 0 Å². The smallest absolute Gasteiger partial charge is 0.264 e. The van der Waals surface area contributed by atoms with Gasteiger partial charge in [0, 0.05) is 24.2 Å². The molecule has 0 saturated heterocycles. The number of nitrogens with one attached hydrogen (secondary N) is 1. The van der Waals surface area contributed by atoms with E-state index in [9.17, 15) is 13.2 Å². The van der Waals surface area contributed by atoms with Gasteiger partial charge in [-0.05, 0) is 62.9 Å². The first-order chi connectivity index (χ1) is 14.9. The summed E-state index contributed by atoms with van der Waals surface area (Å²) in [6.07, 6.45) is 2.37. The van der Waals surface area contributed by atoms with Gasteiger partial charge in [-0.2, -0.15) is 0 Å². The van der Waals surface area contributed by atoms with Crippen molar-refractivity contribution in [2.75, 3.05) is 16.2 Å². The number of hydrogen-bond acceptors (Lipinski definition) is 5. The van der Waals surface area contributed by atoms with E-state index in [4.69, 9.17) is 4.52 Å². The average Bonchev–Trinajstić information content (AvgIpc) is 3.09. The van der Waals surface area contributed by atoms with Gasteiger partial charge in [-0.3, -0.25) is 9.10 Å². The topological polar surface area (TPSA) is 92.5 Å². The van der Waals surface area contributed by atoms with Crippen molar-refractivity contribution < 1.29 is 17.7 Å². The fraction of sp³-hybridized carbons (Fsp3) is 0.304. The minimum atomic E-state index is -3.67. The highest BCUT2D eigenvalue weighted by Gasteiger charge is 2.29. The van der Waals surface area contributed by atoms with Crippen LogP contribution in [0.25, 0.3) is 0 Å². The average molecular weight is 440 g/mol. The predicted molar refractivity (Wildman–Crippen MR) is 119 cm³/mol. The van der Waals surface area contributed by atoms with Crippen LogP contribution in [0, 0.1) is 13.8 Å². The van der Waals surface area contributed by atoms with E-state index >= 15 is 0 Å². The van der Waals surface area contributed by atoms with Crippen molar-refractivity contribution >= 4 is 27.3 Å². The Kier molecular flexibility index (Phi) is 5.82. The highest BCUT2D eigenvalue weighted by molar-refractivity contribution is 7.92. The Morgan fingerprint density at radius 1 is 1.16 bits per heavy atom. The third-order valence-electron chi connectivity index (χ3n) is 5.56. The van der Waals surface area contributed by atoms with Crippen LogP contribution >= 0.6 is 0 Å². The number of carbonyl (C=O) groups is 1. The van der Waals surface area contributed by atoms with Gasteiger partial charge in [-0.25, -0.2) is 8.42 Å². The van der Waals surface area contributed by atoms with Crippen LogP contribution in [0.3, 0.4) is 0 Å². The summed E-state index contributed by atoms with van der Waals surface area (Å²) in [5.41, 5.74) is 3.90. The quantitative estimate of drug-likeness (QED) is 0.627. The molecular formula is C23H25N3O4S. The van der Waals surface area contributed by atoms with E-state index in [0.717, 1.165) is 35.4 Å². The Hall–Kier alpha value is -3.13. The molecule has 1 aliphatic rings. The molecule has 1 aliphatic heterocycles. The van der Waals surface area contributed by atoms with E-state index in [-0.39, 0.29) is 17.2 Å². The van der Waals surface area contributed by atoms with Crippen LogP contribution in [0.5, 0.6) is 0 Å². The second-order valence-electron chi connectivity index (χ2n) is 7.69. The van der Waals surface area contributed by atoms with Crippen LogP contribution in [0.1, 0.15) is 35.4 Å². The van der Waals surface area contributed by atoms with Gasteiger partial charge < -0.3 is 9.84 Å². The maximum atomic E-state index is 13.2. The number of rotatable bonds is 6. The summed E-state index contributed by atoms with van der Waals surface area (Å²) < 4.78 is 33.0. The summed E-state index contributed by atoms with van der Waals surface area (Å²) in [5, 5.41) is 6.81. The number of carbonyl (C=O) groups excluding carboxylic acids is 1. The van der Waals surface area contributed by atoms with Gasteiger partial charge in [0.25, 0.3) is 10.0 Å². The zero-order valence-electron chi connectivity index (χ0n) is 17.6. The number of anilines is 2. The van der Waals surface area contributed by atoms with Crippen molar-refractivity contribution in [1.82, 2.24) is 5.16 Å². The van der Waals surface area contributed by atoms with Gasteiger partial charge in [-0.1, -0.05) is 29.4 Å². The van der Waals surface area contributed by atoms with E-state index in [1.165, 1.54) is 4.31 Å². The van der Waals surface area contributed by atoms with Crippen molar-refractivity contribution in [2.45, 2.75) is 44.4 Å². The van der Waals surface area contributed by atoms with Crippen LogP contribution in [-0.2, 0) is 27.7 Å². The highest BCUT2D eigenvalue weighted by atomic mass is 32.2. The molecule has 2 heterocycles. The number of hydrogen-bond donors (Lipinski definition) is 1. The molecule has 31 heavy (non-hydrogen) atoms. The van der Waals surface area contributed by atoms with E-state index < -0.39 is 10.0 Å². The molecule has 0 atom stereocenters. The van der Waals surface area contributed by atoms with E-state index in [0.29, 0.717) is 24.3 Å². The summed E-state index contributed by atoms with van der Waals surface area (Å²) >= 11 is 0. The molecule has 0 aliphatic carbocycles. The van der Waals surface area contributed by atoms with Crippen molar-refractivity contribution in [3.05, 3.63) is 71.1 Å². The maximum Gasteiger partial charge on any atom is 0.264 e. The van der Waals surface area contributed by atoms with Gasteiger partial charge in [0.15, 0.2) is 0 Å². The Labute approximate surface area is 182 Å². The van der Waals surface area contributed by atoms with Crippen LogP contribution < -0.4 is 9.62 Å². The predicted octanol–water partition coefficient (Wildman–Crippen LogP) is 4.00. The summed E-state index contributed by atoms with van der Waals surface area (Å²) in [4.78, 5) is 12.8. The number of fused-ring (bicyclic) bond motifs is 1. The molecule has 2 aromatic carbocycles. The molecule has 1 aromatic heterocycles. The van der Waals surface area contributed by atoms with Gasteiger partial charge in [0.05, 0.1) is 16.3 Å². The summed E-state index contributed by atoms with van der Waals surface area (Å²) in [6, 6.07) is 13.9. The Morgan fingerprint density at radius 2 is 1.94 bits per heavy atom. The van der Waals surface area contributed by atoms with Crippen molar-refractivity contribution in [2.24, 2.45) is 0 Å². The Bertz CT molecular complexity index is 1180. The van der Waals surface area contributed by atoms with Crippen LogP contribution in [0.15, 0.2) is 57.9 Å². The molecule has 162 valence electrons. The lowest BCUT2D eigenvalue weighted by Crippen LogP contribution is -2.35. The van der Waals surface area contributed by atoms with E-state index in [1.54, 1.807) is 36.4 Å². The molecule has 0 radical (unpaired) electrons. The Balaban J connectivity index is 1.53. The van der Waals surface area contributed by atoms with Crippen molar-refractivity contribution in [3.63, 3.8) is 0 Å². The normalized spacial score (nSPS) is 13.7. The number of amides is 1. The van der Waals surface area contributed by atoms with Crippen LogP contribution in [0.4, 0.5) is 11.4 Å². The lowest BCUT2D eigenvalue weighted by atomic mass is 10.0. The van der Waals surface area contributed by atoms with Gasteiger partial charge in [0.2, 0.25) is 5.91 Å². The van der Waals surface area contributed by atoms with Gasteiger partial charge >= 0.3 is 0 Å². The van der Waals surface area contributed by atoms with Gasteiger partial charge in [0.1, 0.15) is 5.76 Å². The number of benzene rings is 2. The number of aryl methyl sites for hydroxylation is 3. The first kappa shape index (κ1) is 21.1. The standard InChI is InChI=1S/C23H25N3O4S/c1-16-21(17(2)30-25-16)12-13-23(27)24-19-11-10-18-7-6-14-26(22(18)15-19)31(28,29)20-8-4-3-5-9-20/h3-5,8-11,15H,6-7,12-14H2,1-2H3,(H,24,27). The lowest BCUT2D eigenvalue weighted by Gasteiger charge is -2.31.